The van der Waals surface area contributed by atoms with Crippen LogP contribution in [-0.2, 0) is 17.8 Å². The number of hydrogen-bond donors (Lipinski definition) is 1. The summed E-state index contributed by atoms with van der Waals surface area (Å²) >= 11 is 0. The summed E-state index contributed by atoms with van der Waals surface area (Å²) < 4.78 is 7.77. The van der Waals surface area contributed by atoms with Gasteiger partial charge in [0.25, 0.3) is 0 Å². The van der Waals surface area contributed by atoms with E-state index in [1.807, 2.05) is 0 Å². The molecule has 0 aliphatic carbocycles. The van der Waals surface area contributed by atoms with E-state index >= 15 is 0 Å². The largest absolute Gasteiger partial charge is 0.379 e. The van der Waals surface area contributed by atoms with Crippen molar-refractivity contribution in [3.63, 3.8) is 0 Å². The van der Waals surface area contributed by atoms with Crippen molar-refractivity contribution in [1.29, 1.82) is 0 Å². The van der Waals surface area contributed by atoms with E-state index in [9.17, 15) is 0 Å². The second kappa shape index (κ2) is 8.29. The third-order valence-electron chi connectivity index (χ3n) is 4.57. The monoisotopic (exact) mass is 313 g/mol. The molecule has 23 heavy (non-hydrogen) atoms. The van der Waals surface area contributed by atoms with Crippen molar-refractivity contribution in [2.45, 2.75) is 26.1 Å². The van der Waals surface area contributed by atoms with Crippen LogP contribution < -0.4 is 5.32 Å². The Kier molecular flexibility index (Phi) is 5.86. The van der Waals surface area contributed by atoms with E-state index in [0.29, 0.717) is 6.04 Å². The number of benzene rings is 1. The van der Waals surface area contributed by atoms with E-state index in [4.69, 9.17) is 4.74 Å². The molecule has 2 heterocycles. The number of rotatable bonds is 7. The Hall–Kier alpha value is -1.62. The molecule has 4 nitrogen and oxygen atoms in total. The van der Waals surface area contributed by atoms with Crippen molar-refractivity contribution in [1.82, 2.24) is 14.8 Å². The maximum atomic E-state index is 5.41. The summed E-state index contributed by atoms with van der Waals surface area (Å²) in [4.78, 5) is 2.48. The van der Waals surface area contributed by atoms with Gasteiger partial charge < -0.3 is 14.6 Å². The standard InChI is InChI=1S/C19H27N3O/c1-17(18-6-3-2-4-7-18)20-16-19-8-5-9-22(19)11-10-21-12-14-23-15-13-21/h2-9,17,20H,10-16H2,1H3. The lowest BCUT2D eigenvalue weighted by Gasteiger charge is -2.27. The first-order valence-electron chi connectivity index (χ1n) is 8.55. The zero-order valence-electron chi connectivity index (χ0n) is 13.9. The van der Waals surface area contributed by atoms with Gasteiger partial charge in [-0.25, -0.2) is 0 Å². The molecule has 1 N–H and O–H groups in total. The first kappa shape index (κ1) is 16.2. The smallest absolute Gasteiger partial charge is 0.0594 e. The maximum absolute atomic E-state index is 5.41. The van der Waals surface area contributed by atoms with Crippen LogP contribution in [0.1, 0.15) is 24.2 Å². The molecule has 1 aromatic heterocycles. The highest BCUT2D eigenvalue weighted by Gasteiger charge is 2.11. The average molecular weight is 313 g/mol. The predicted molar refractivity (Wildman–Crippen MR) is 93.4 cm³/mol. The maximum Gasteiger partial charge on any atom is 0.0594 e. The third kappa shape index (κ3) is 4.67. The van der Waals surface area contributed by atoms with E-state index in [1.165, 1.54) is 11.3 Å². The fourth-order valence-corrected chi connectivity index (χ4v) is 3.02. The summed E-state index contributed by atoms with van der Waals surface area (Å²) in [5, 5.41) is 3.63. The van der Waals surface area contributed by atoms with Gasteiger partial charge in [0.05, 0.1) is 13.2 Å². The third-order valence-corrected chi connectivity index (χ3v) is 4.57. The fraction of sp³-hybridized carbons (Fsp3) is 0.474. The molecule has 0 amide bonds. The lowest BCUT2D eigenvalue weighted by molar-refractivity contribution is 0.0363. The molecule has 0 bridgehead atoms. The molecular formula is C19H27N3O. The SMILES string of the molecule is CC(NCc1cccn1CCN1CCOCC1)c1ccccc1. The van der Waals surface area contributed by atoms with Crippen molar-refractivity contribution >= 4 is 0 Å². The van der Waals surface area contributed by atoms with Crippen LogP contribution in [0.4, 0.5) is 0 Å². The number of morpholine rings is 1. The molecule has 4 heteroatoms. The molecule has 1 atom stereocenters. The summed E-state index contributed by atoms with van der Waals surface area (Å²) in [7, 11) is 0. The Morgan fingerprint density at radius 3 is 2.61 bits per heavy atom. The number of ether oxygens (including phenoxy) is 1. The van der Waals surface area contributed by atoms with Crippen LogP contribution in [0.3, 0.4) is 0 Å². The highest BCUT2D eigenvalue weighted by molar-refractivity contribution is 5.18. The van der Waals surface area contributed by atoms with Gasteiger partial charge in [-0.1, -0.05) is 30.3 Å². The second-order valence-corrected chi connectivity index (χ2v) is 6.16. The molecule has 0 radical (unpaired) electrons. The van der Waals surface area contributed by atoms with Crippen molar-refractivity contribution in [3.8, 4) is 0 Å². The average Bonchev–Trinajstić information content (AvgIpc) is 3.07. The van der Waals surface area contributed by atoms with Gasteiger partial charge in [-0.2, -0.15) is 0 Å². The van der Waals surface area contributed by atoms with Crippen LogP contribution in [-0.4, -0.2) is 42.3 Å². The molecular weight excluding hydrogens is 286 g/mol. The Balaban J connectivity index is 1.50. The lowest BCUT2D eigenvalue weighted by Crippen LogP contribution is -2.38. The Morgan fingerprint density at radius 2 is 1.83 bits per heavy atom. The number of nitrogens with zero attached hydrogens (tertiary/aromatic N) is 2. The van der Waals surface area contributed by atoms with Crippen molar-refractivity contribution in [3.05, 3.63) is 59.9 Å². The Labute approximate surface area is 139 Å². The lowest BCUT2D eigenvalue weighted by atomic mass is 10.1. The molecule has 1 unspecified atom stereocenters. The summed E-state index contributed by atoms with van der Waals surface area (Å²) in [5.74, 6) is 0. The Morgan fingerprint density at radius 1 is 1.04 bits per heavy atom. The van der Waals surface area contributed by atoms with Gasteiger partial charge in [-0.3, -0.25) is 4.90 Å². The minimum atomic E-state index is 0.360. The first-order valence-corrected chi connectivity index (χ1v) is 8.55. The van der Waals surface area contributed by atoms with Gasteiger partial charge in [0, 0.05) is 50.7 Å². The molecule has 1 aliphatic heterocycles. The van der Waals surface area contributed by atoms with Crippen LogP contribution in [0.15, 0.2) is 48.7 Å². The molecule has 1 saturated heterocycles. The van der Waals surface area contributed by atoms with Crippen LogP contribution >= 0.6 is 0 Å². The predicted octanol–water partition coefficient (Wildman–Crippen LogP) is 2.67. The normalized spacial score (nSPS) is 17.3. The van der Waals surface area contributed by atoms with Gasteiger partial charge >= 0.3 is 0 Å². The van der Waals surface area contributed by atoms with Crippen LogP contribution in [0.25, 0.3) is 0 Å². The number of aromatic nitrogens is 1. The molecule has 124 valence electrons. The van der Waals surface area contributed by atoms with Crippen molar-refractivity contribution in [2.24, 2.45) is 0 Å². The minimum absolute atomic E-state index is 0.360. The fourth-order valence-electron chi connectivity index (χ4n) is 3.02. The number of hydrogen-bond acceptors (Lipinski definition) is 3. The van der Waals surface area contributed by atoms with E-state index in [-0.39, 0.29) is 0 Å². The summed E-state index contributed by atoms with van der Waals surface area (Å²) in [6, 6.07) is 15.3. The van der Waals surface area contributed by atoms with Crippen LogP contribution in [0.2, 0.25) is 0 Å². The van der Waals surface area contributed by atoms with Crippen LogP contribution in [0.5, 0.6) is 0 Å². The molecule has 0 spiro atoms. The number of nitrogens with one attached hydrogen (secondary N) is 1. The molecule has 1 aromatic carbocycles. The van der Waals surface area contributed by atoms with Crippen molar-refractivity contribution < 1.29 is 4.74 Å². The zero-order chi connectivity index (χ0) is 15.9. The Bertz CT molecular complexity index is 575. The zero-order valence-corrected chi connectivity index (χ0v) is 13.9. The van der Waals surface area contributed by atoms with Gasteiger partial charge in [-0.15, -0.1) is 0 Å². The second-order valence-electron chi connectivity index (χ2n) is 6.16. The summed E-state index contributed by atoms with van der Waals surface area (Å²) in [6.07, 6.45) is 2.19. The van der Waals surface area contributed by atoms with E-state index in [2.05, 4.69) is 70.4 Å². The summed E-state index contributed by atoms with van der Waals surface area (Å²) in [6.45, 7) is 9.11. The topological polar surface area (TPSA) is 29.4 Å². The minimum Gasteiger partial charge on any atom is -0.379 e. The quantitative estimate of drug-likeness (QED) is 0.852. The van der Waals surface area contributed by atoms with E-state index < -0.39 is 0 Å². The molecule has 0 saturated carbocycles. The van der Waals surface area contributed by atoms with Gasteiger partial charge in [0.15, 0.2) is 0 Å². The highest BCUT2D eigenvalue weighted by atomic mass is 16.5. The van der Waals surface area contributed by atoms with Gasteiger partial charge in [0.1, 0.15) is 0 Å². The highest BCUT2D eigenvalue weighted by Crippen LogP contribution is 2.12. The molecule has 1 fully saturated rings. The molecule has 1 aliphatic rings. The first-order chi connectivity index (χ1) is 11.3. The van der Waals surface area contributed by atoms with E-state index in [1.54, 1.807) is 0 Å². The van der Waals surface area contributed by atoms with Gasteiger partial charge in [-0.05, 0) is 24.6 Å². The van der Waals surface area contributed by atoms with E-state index in [0.717, 1.165) is 45.9 Å². The van der Waals surface area contributed by atoms with Crippen LogP contribution in [0, 0.1) is 0 Å². The molecule has 3 rings (SSSR count). The summed E-state index contributed by atoms with van der Waals surface area (Å²) in [5.41, 5.74) is 2.68. The van der Waals surface area contributed by atoms with Crippen molar-refractivity contribution in [2.75, 3.05) is 32.8 Å². The van der Waals surface area contributed by atoms with Gasteiger partial charge in [0.2, 0.25) is 0 Å². The molecule has 2 aromatic rings.